The number of benzene rings is 1. The molecule has 1 aromatic carbocycles. The molecule has 4 aromatic rings. The Morgan fingerprint density at radius 3 is 2.67 bits per heavy atom. The highest BCUT2D eigenvalue weighted by molar-refractivity contribution is 7.19. The summed E-state index contributed by atoms with van der Waals surface area (Å²) in [4.78, 5) is 43.3. The van der Waals surface area contributed by atoms with E-state index in [-0.39, 0.29) is 19.0 Å². The highest BCUT2D eigenvalue weighted by Crippen LogP contribution is 2.19. The summed E-state index contributed by atoms with van der Waals surface area (Å²) in [5.41, 5.74) is 0.785. The summed E-state index contributed by atoms with van der Waals surface area (Å²) in [6.45, 7) is 4.21. The molecule has 3 aromatic heterocycles. The smallest absolute Gasteiger partial charge is 0.336 e. The Balaban J connectivity index is 1.60. The van der Waals surface area contributed by atoms with Crippen molar-refractivity contribution < 1.29 is 13.9 Å². The third-order valence-corrected chi connectivity index (χ3v) is 6.22. The first-order chi connectivity index (χ1) is 15.9. The van der Waals surface area contributed by atoms with Gasteiger partial charge in [0.1, 0.15) is 15.5 Å². The lowest BCUT2D eigenvalue weighted by molar-refractivity contribution is 0.0954. The van der Waals surface area contributed by atoms with E-state index in [1.165, 1.54) is 34.9 Å². The number of hydrogen-bond donors (Lipinski definition) is 1. The number of ether oxygens (including phenoxy) is 1. The van der Waals surface area contributed by atoms with Gasteiger partial charge >= 0.3 is 5.69 Å². The third kappa shape index (κ3) is 4.70. The molecule has 0 fully saturated rings. The maximum Gasteiger partial charge on any atom is 0.336 e. The Morgan fingerprint density at radius 1 is 1.18 bits per heavy atom. The molecule has 0 spiro atoms. The number of thiazole rings is 1. The molecule has 10 heteroatoms. The van der Waals surface area contributed by atoms with Crippen molar-refractivity contribution in [3.8, 4) is 5.88 Å². The molecule has 33 heavy (non-hydrogen) atoms. The van der Waals surface area contributed by atoms with Gasteiger partial charge in [0.15, 0.2) is 0 Å². The zero-order valence-corrected chi connectivity index (χ0v) is 18.8. The van der Waals surface area contributed by atoms with Crippen molar-refractivity contribution in [3.63, 3.8) is 0 Å². The van der Waals surface area contributed by atoms with Crippen molar-refractivity contribution in [2.75, 3.05) is 6.61 Å². The van der Waals surface area contributed by atoms with Crippen molar-refractivity contribution in [2.45, 2.75) is 26.9 Å². The third-order valence-electron chi connectivity index (χ3n) is 5.02. The van der Waals surface area contributed by atoms with Crippen LogP contribution in [0.15, 0.2) is 58.4 Å². The molecule has 0 aliphatic carbocycles. The number of rotatable bonds is 7. The molecule has 4 rings (SSSR count). The van der Waals surface area contributed by atoms with Gasteiger partial charge < -0.3 is 10.1 Å². The zero-order chi connectivity index (χ0) is 23.5. The van der Waals surface area contributed by atoms with Crippen LogP contribution in [0.5, 0.6) is 5.88 Å². The lowest BCUT2D eigenvalue weighted by atomic mass is 10.2. The van der Waals surface area contributed by atoms with Crippen molar-refractivity contribution in [1.29, 1.82) is 0 Å². The molecule has 8 nitrogen and oxygen atoms in total. The average molecular weight is 469 g/mol. The number of carbonyl (C=O) groups excluding carboxylic acids is 1. The SMILES string of the molecule is CCOc1cc(CNC(=O)c2cn3c(=O)n(Cc4ccc(F)cc4)c(=O)c(C)c3s2)ccn1. The van der Waals surface area contributed by atoms with Crippen LogP contribution >= 0.6 is 11.3 Å². The predicted octanol–water partition coefficient (Wildman–Crippen LogP) is 2.74. The number of nitrogens with zero attached hydrogens (tertiary/aromatic N) is 3. The van der Waals surface area contributed by atoms with E-state index in [1.807, 2.05) is 6.92 Å². The molecule has 170 valence electrons. The monoisotopic (exact) mass is 468 g/mol. The van der Waals surface area contributed by atoms with E-state index < -0.39 is 17.1 Å². The van der Waals surface area contributed by atoms with Gasteiger partial charge in [-0.15, -0.1) is 11.3 Å². The molecule has 3 heterocycles. The Bertz CT molecular complexity index is 1440. The van der Waals surface area contributed by atoms with E-state index in [1.54, 1.807) is 25.3 Å². The molecule has 0 bridgehead atoms. The number of amides is 1. The van der Waals surface area contributed by atoms with Gasteiger partial charge in [0, 0.05) is 30.6 Å². The molecule has 0 radical (unpaired) electrons. The summed E-state index contributed by atoms with van der Waals surface area (Å²) in [6.07, 6.45) is 3.04. The summed E-state index contributed by atoms with van der Waals surface area (Å²) in [6, 6.07) is 9.10. The Hall–Kier alpha value is -3.79. The highest BCUT2D eigenvalue weighted by atomic mass is 32.1. The van der Waals surface area contributed by atoms with Crippen LogP contribution in [0.4, 0.5) is 4.39 Å². The maximum atomic E-state index is 13.2. The summed E-state index contributed by atoms with van der Waals surface area (Å²) < 4.78 is 20.9. The van der Waals surface area contributed by atoms with E-state index in [0.29, 0.717) is 33.3 Å². The summed E-state index contributed by atoms with van der Waals surface area (Å²) in [5, 5.41) is 2.81. The van der Waals surface area contributed by atoms with E-state index >= 15 is 0 Å². The summed E-state index contributed by atoms with van der Waals surface area (Å²) >= 11 is 1.07. The Morgan fingerprint density at radius 2 is 1.94 bits per heavy atom. The molecule has 0 aliphatic heterocycles. The summed E-state index contributed by atoms with van der Waals surface area (Å²) in [7, 11) is 0. The average Bonchev–Trinajstić information content (AvgIpc) is 3.27. The Kier molecular flexibility index (Phi) is 6.36. The molecule has 0 aliphatic rings. The number of hydrogen-bond acceptors (Lipinski definition) is 6. The maximum absolute atomic E-state index is 13.2. The quantitative estimate of drug-likeness (QED) is 0.450. The van der Waals surface area contributed by atoms with Crippen LogP contribution in [0, 0.1) is 12.7 Å². The molecule has 1 amide bonds. The van der Waals surface area contributed by atoms with Gasteiger partial charge in [-0.25, -0.2) is 14.2 Å². The number of pyridine rings is 1. The largest absolute Gasteiger partial charge is 0.478 e. The van der Waals surface area contributed by atoms with E-state index in [4.69, 9.17) is 4.74 Å². The number of aryl methyl sites for hydroxylation is 1. The number of aromatic nitrogens is 3. The van der Waals surface area contributed by atoms with E-state index in [0.717, 1.165) is 21.5 Å². The van der Waals surface area contributed by atoms with Gasteiger partial charge in [0.2, 0.25) is 5.88 Å². The molecular formula is C23H21FN4O4S. The first-order valence-corrected chi connectivity index (χ1v) is 11.0. The van der Waals surface area contributed by atoms with Gasteiger partial charge in [0.05, 0.1) is 13.2 Å². The number of halogens is 1. The van der Waals surface area contributed by atoms with Crippen molar-refractivity contribution in [2.24, 2.45) is 0 Å². The Labute approximate surface area is 191 Å². The van der Waals surface area contributed by atoms with Crippen LogP contribution in [-0.2, 0) is 13.1 Å². The number of nitrogens with one attached hydrogen (secondary N) is 1. The van der Waals surface area contributed by atoms with Gasteiger partial charge in [-0.2, -0.15) is 0 Å². The van der Waals surface area contributed by atoms with Crippen LogP contribution in [-0.4, -0.2) is 26.5 Å². The van der Waals surface area contributed by atoms with Gasteiger partial charge in [-0.3, -0.25) is 18.6 Å². The highest BCUT2D eigenvalue weighted by Gasteiger charge is 2.18. The second kappa shape index (κ2) is 9.37. The predicted molar refractivity (Wildman–Crippen MR) is 123 cm³/mol. The van der Waals surface area contributed by atoms with Crippen LogP contribution in [0.2, 0.25) is 0 Å². The molecular weight excluding hydrogens is 447 g/mol. The van der Waals surface area contributed by atoms with Crippen LogP contribution in [0.25, 0.3) is 4.83 Å². The molecule has 0 atom stereocenters. The molecule has 1 N–H and O–H groups in total. The van der Waals surface area contributed by atoms with Gasteiger partial charge in [-0.05, 0) is 43.2 Å². The molecule has 0 saturated heterocycles. The lowest BCUT2D eigenvalue weighted by Crippen LogP contribution is -2.38. The second-order valence-electron chi connectivity index (χ2n) is 7.31. The minimum atomic E-state index is -0.560. The van der Waals surface area contributed by atoms with Crippen molar-refractivity contribution >= 4 is 22.1 Å². The minimum Gasteiger partial charge on any atom is -0.478 e. The first kappa shape index (κ1) is 22.4. The van der Waals surface area contributed by atoms with Crippen LogP contribution < -0.4 is 21.3 Å². The fourth-order valence-corrected chi connectivity index (χ4v) is 4.34. The summed E-state index contributed by atoms with van der Waals surface area (Å²) in [5.74, 6) is -0.291. The normalized spacial score (nSPS) is 11.0. The van der Waals surface area contributed by atoms with Crippen molar-refractivity contribution in [1.82, 2.24) is 19.3 Å². The second-order valence-corrected chi connectivity index (χ2v) is 8.34. The lowest BCUT2D eigenvalue weighted by Gasteiger charge is -2.07. The topological polar surface area (TPSA) is 94.7 Å². The minimum absolute atomic E-state index is 0.00328. The fourth-order valence-electron chi connectivity index (χ4n) is 3.34. The van der Waals surface area contributed by atoms with Gasteiger partial charge in [-0.1, -0.05) is 12.1 Å². The first-order valence-electron chi connectivity index (χ1n) is 10.2. The van der Waals surface area contributed by atoms with Crippen molar-refractivity contribution in [3.05, 3.63) is 97.0 Å². The van der Waals surface area contributed by atoms with E-state index in [2.05, 4.69) is 10.3 Å². The number of carbonyl (C=O) groups is 1. The molecule has 0 saturated carbocycles. The standard InChI is InChI=1S/C23H21FN4O4S/c1-3-32-19-10-16(8-9-25-19)11-26-20(29)18-13-28-22(33-18)14(2)21(30)27(23(28)31)12-15-4-6-17(24)7-5-15/h4-10,13H,3,11-12H2,1-2H3,(H,26,29). The van der Waals surface area contributed by atoms with Gasteiger partial charge in [0.25, 0.3) is 11.5 Å². The molecule has 0 unspecified atom stereocenters. The van der Waals surface area contributed by atoms with E-state index in [9.17, 15) is 18.8 Å². The number of fused-ring (bicyclic) bond motifs is 1. The van der Waals surface area contributed by atoms with Crippen LogP contribution in [0.1, 0.15) is 33.3 Å². The zero-order valence-electron chi connectivity index (χ0n) is 18.0. The fraction of sp³-hybridized carbons (Fsp3) is 0.217. The van der Waals surface area contributed by atoms with Crippen LogP contribution in [0.3, 0.4) is 0 Å².